The number of carbonyl (C=O) groups excluding carboxylic acids is 1. The van der Waals surface area contributed by atoms with Crippen molar-refractivity contribution in [2.24, 2.45) is 0 Å². The van der Waals surface area contributed by atoms with Crippen LogP contribution in [-0.2, 0) is 9.53 Å². The Kier molecular flexibility index (Phi) is 5.56. The second-order valence-corrected chi connectivity index (χ2v) is 5.50. The van der Waals surface area contributed by atoms with Crippen molar-refractivity contribution in [1.29, 1.82) is 0 Å². The minimum absolute atomic E-state index is 0.0424. The van der Waals surface area contributed by atoms with Gasteiger partial charge in [0.1, 0.15) is 0 Å². The SMILES string of the molecule is COCCNC(=O)CNC1CC(c2ccc(C)cc2)C1. The van der Waals surface area contributed by atoms with E-state index in [1.54, 1.807) is 7.11 Å². The molecule has 0 saturated heterocycles. The molecule has 20 heavy (non-hydrogen) atoms. The van der Waals surface area contributed by atoms with Crippen LogP contribution in [-0.4, -0.2) is 38.8 Å². The highest BCUT2D eigenvalue weighted by Crippen LogP contribution is 2.36. The third kappa shape index (κ3) is 4.32. The summed E-state index contributed by atoms with van der Waals surface area (Å²) < 4.78 is 4.89. The molecule has 1 aromatic carbocycles. The molecule has 0 unspecified atom stereocenters. The molecule has 0 radical (unpaired) electrons. The largest absolute Gasteiger partial charge is 0.383 e. The van der Waals surface area contributed by atoms with Crippen molar-refractivity contribution in [3.63, 3.8) is 0 Å². The molecule has 1 aliphatic rings. The first kappa shape index (κ1) is 15.0. The lowest BCUT2D eigenvalue weighted by molar-refractivity contribution is -0.120. The average molecular weight is 276 g/mol. The molecule has 0 aliphatic heterocycles. The summed E-state index contributed by atoms with van der Waals surface area (Å²) in [6.07, 6.45) is 2.24. The van der Waals surface area contributed by atoms with Crippen LogP contribution in [0.2, 0.25) is 0 Å². The predicted molar refractivity (Wildman–Crippen MR) is 79.8 cm³/mol. The molecule has 0 aromatic heterocycles. The van der Waals surface area contributed by atoms with Gasteiger partial charge >= 0.3 is 0 Å². The summed E-state index contributed by atoms with van der Waals surface area (Å²) >= 11 is 0. The number of methoxy groups -OCH3 is 1. The van der Waals surface area contributed by atoms with Crippen LogP contribution in [0.5, 0.6) is 0 Å². The second-order valence-electron chi connectivity index (χ2n) is 5.50. The zero-order valence-electron chi connectivity index (χ0n) is 12.3. The van der Waals surface area contributed by atoms with Gasteiger partial charge in [-0.15, -0.1) is 0 Å². The van der Waals surface area contributed by atoms with Crippen molar-refractivity contribution in [2.45, 2.75) is 31.7 Å². The summed E-state index contributed by atoms with van der Waals surface area (Å²) in [6, 6.07) is 9.23. The average Bonchev–Trinajstić information content (AvgIpc) is 2.39. The summed E-state index contributed by atoms with van der Waals surface area (Å²) in [5, 5.41) is 6.11. The molecule has 0 heterocycles. The van der Waals surface area contributed by atoms with Crippen molar-refractivity contribution in [3.8, 4) is 0 Å². The van der Waals surface area contributed by atoms with E-state index < -0.39 is 0 Å². The van der Waals surface area contributed by atoms with Crippen molar-refractivity contribution >= 4 is 5.91 Å². The smallest absolute Gasteiger partial charge is 0.234 e. The summed E-state index contributed by atoms with van der Waals surface area (Å²) in [4.78, 5) is 11.5. The van der Waals surface area contributed by atoms with Gasteiger partial charge in [-0.2, -0.15) is 0 Å². The molecule has 0 atom stereocenters. The fourth-order valence-corrected chi connectivity index (χ4v) is 2.49. The number of ether oxygens (including phenoxy) is 1. The van der Waals surface area contributed by atoms with Crippen LogP contribution in [0.15, 0.2) is 24.3 Å². The van der Waals surface area contributed by atoms with E-state index in [9.17, 15) is 4.79 Å². The van der Waals surface area contributed by atoms with E-state index in [1.807, 2.05) is 0 Å². The molecule has 4 heteroatoms. The van der Waals surface area contributed by atoms with E-state index in [-0.39, 0.29) is 5.91 Å². The van der Waals surface area contributed by atoms with Crippen molar-refractivity contribution < 1.29 is 9.53 Å². The van der Waals surface area contributed by atoms with E-state index in [0.717, 1.165) is 12.8 Å². The van der Waals surface area contributed by atoms with Crippen LogP contribution in [0.1, 0.15) is 29.9 Å². The summed E-state index contributed by atoms with van der Waals surface area (Å²) in [5.74, 6) is 0.686. The maximum atomic E-state index is 11.5. The molecule has 2 rings (SSSR count). The third-order valence-electron chi connectivity index (χ3n) is 3.87. The number of benzene rings is 1. The van der Waals surface area contributed by atoms with Crippen molar-refractivity contribution in [2.75, 3.05) is 26.8 Å². The predicted octanol–water partition coefficient (Wildman–Crippen LogP) is 1.59. The van der Waals surface area contributed by atoms with Gasteiger partial charge in [0.2, 0.25) is 5.91 Å². The summed E-state index contributed by atoms with van der Waals surface area (Å²) in [5.41, 5.74) is 2.72. The Morgan fingerprint density at radius 1 is 1.30 bits per heavy atom. The molecule has 4 nitrogen and oxygen atoms in total. The van der Waals surface area contributed by atoms with Crippen molar-refractivity contribution in [3.05, 3.63) is 35.4 Å². The minimum atomic E-state index is 0.0424. The summed E-state index contributed by atoms with van der Waals surface area (Å²) in [6.45, 7) is 3.64. The van der Waals surface area contributed by atoms with Gasteiger partial charge in [0.25, 0.3) is 0 Å². The van der Waals surface area contributed by atoms with E-state index in [0.29, 0.717) is 31.7 Å². The Hall–Kier alpha value is -1.39. The van der Waals surface area contributed by atoms with E-state index in [2.05, 4.69) is 41.8 Å². The molecule has 110 valence electrons. The molecule has 1 saturated carbocycles. The Morgan fingerprint density at radius 2 is 2.00 bits per heavy atom. The van der Waals surface area contributed by atoms with Crippen LogP contribution >= 0.6 is 0 Å². The molecular weight excluding hydrogens is 252 g/mol. The Morgan fingerprint density at radius 3 is 2.65 bits per heavy atom. The molecule has 1 fully saturated rings. The highest BCUT2D eigenvalue weighted by molar-refractivity contribution is 5.78. The molecular formula is C16H24N2O2. The Labute approximate surface area is 120 Å². The van der Waals surface area contributed by atoms with Gasteiger partial charge in [-0.1, -0.05) is 29.8 Å². The normalized spacial score (nSPS) is 21.3. The van der Waals surface area contributed by atoms with Gasteiger partial charge in [0.05, 0.1) is 13.2 Å². The molecule has 1 aromatic rings. The first-order chi connectivity index (χ1) is 9.69. The zero-order chi connectivity index (χ0) is 14.4. The monoisotopic (exact) mass is 276 g/mol. The highest BCUT2D eigenvalue weighted by atomic mass is 16.5. The molecule has 1 amide bonds. The number of rotatable bonds is 7. The van der Waals surface area contributed by atoms with E-state index in [4.69, 9.17) is 4.74 Å². The van der Waals surface area contributed by atoms with Crippen LogP contribution in [0.4, 0.5) is 0 Å². The molecule has 1 aliphatic carbocycles. The van der Waals surface area contributed by atoms with Gasteiger partial charge < -0.3 is 15.4 Å². The van der Waals surface area contributed by atoms with Gasteiger partial charge in [-0.25, -0.2) is 0 Å². The number of aryl methyl sites for hydroxylation is 1. The third-order valence-corrected chi connectivity index (χ3v) is 3.87. The van der Waals surface area contributed by atoms with Crippen LogP contribution in [0.25, 0.3) is 0 Å². The van der Waals surface area contributed by atoms with Crippen LogP contribution < -0.4 is 10.6 Å². The first-order valence-electron chi connectivity index (χ1n) is 7.24. The lowest BCUT2D eigenvalue weighted by Crippen LogP contribution is -2.45. The van der Waals surface area contributed by atoms with E-state index in [1.165, 1.54) is 11.1 Å². The number of carbonyl (C=O) groups is 1. The lowest BCUT2D eigenvalue weighted by atomic mass is 9.76. The standard InChI is InChI=1S/C16H24N2O2/c1-12-3-5-13(6-4-12)14-9-15(10-14)18-11-16(19)17-7-8-20-2/h3-6,14-15,18H,7-11H2,1-2H3,(H,17,19). The quantitative estimate of drug-likeness (QED) is 0.744. The van der Waals surface area contributed by atoms with Gasteiger partial charge in [-0.3, -0.25) is 4.79 Å². The van der Waals surface area contributed by atoms with Crippen LogP contribution in [0, 0.1) is 6.92 Å². The maximum Gasteiger partial charge on any atom is 0.234 e. The number of hydrogen-bond acceptors (Lipinski definition) is 3. The maximum absolute atomic E-state index is 11.5. The van der Waals surface area contributed by atoms with Crippen LogP contribution in [0.3, 0.4) is 0 Å². The van der Waals surface area contributed by atoms with Crippen molar-refractivity contribution in [1.82, 2.24) is 10.6 Å². The van der Waals surface area contributed by atoms with Gasteiger partial charge in [-0.05, 0) is 31.2 Å². The van der Waals surface area contributed by atoms with Gasteiger partial charge in [0, 0.05) is 19.7 Å². The zero-order valence-corrected chi connectivity index (χ0v) is 12.3. The molecule has 2 N–H and O–H groups in total. The molecule has 0 spiro atoms. The Bertz CT molecular complexity index is 425. The van der Waals surface area contributed by atoms with Gasteiger partial charge in [0.15, 0.2) is 0 Å². The highest BCUT2D eigenvalue weighted by Gasteiger charge is 2.29. The number of amides is 1. The Balaban J connectivity index is 1.62. The second kappa shape index (κ2) is 7.41. The fraction of sp³-hybridized carbons (Fsp3) is 0.562. The minimum Gasteiger partial charge on any atom is -0.383 e. The lowest BCUT2D eigenvalue weighted by Gasteiger charge is -2.36. The number of hydrogen-bond donors (Lipinski definition) is 2. The topological polar surface area (TPSA) is 50.4 Å². The number of nitrogens with one attached hydrogen (secondary N) is 2. The molecule has 0 bridgehead atoms. The summed E-state index contributed by atoms with van der Waals surface area (Å²) in [7, 11) is 1.63. The fourth-order valence-electron chi connectivity index (χ4n) is 2.49. The van der Waals surface area contributed by atoms with E-state index >= 15 is 0 Å². The first-order valence-corrected chi connectivity index (χ1v) is 7.24.